The van der Waals surface area contributed by atoms with Gasteiger partial charge in [0.1, 0.15) is 0 Å². The number of hydrogen-bond acceptors (Lipinski definition) is 3. The minimum absolute atomic E-state index is 0.0632. The molecule has 5 heteroatoms. The van der Waals surface area contributed by atoms with Crippen molar-refractivity contribution in [3.8, 4) is 0 Å². The van der Waals surface area contributed by atoms with E-state index in [1.165, 1.54) is 25.7 Å². The summed E-state index contributed by atoms with van der Waals surface area (Å²) >= 11 is 0. The number of hydrogen-bond donors (Lipinski definition) is 1. The first kappa shape index (κ1) is 16.6. The lowest BCUT2D eigenvalue weighted by atomic mass is 10.0. The second-order valence-electron chi connectivity index (χ2n) is 8.11. The molecule has 0 radical (unpaired) electrons. The highest BCUT2D eigenvalue weighted by molar-refractivity contribution is 5.83. The van der Waals surface area contributed by atoms with Crippen LogP contribution in [0.4, 0.5) is 0 Å². The Morgan fingerprint density at radius 1 is 1.24 bits per heavy atom. The summed E-state index contributed by atoms with van der Waals surface area (Å²) in [6.07, 6.45) is 11.1. The van der Waals surface area contributed by atoms with Crippen molar-refractivity contribution in [2.75, 3.05) is 13.1 Å². The first-order valence-electron chi connectivity index (χ1n) is 9.61. The minimum atomic E-state index is 0.0632. The van der Waals surface area contributed by atoms with Crippen LogP contribution in [0.2, 0.25) is 0 Å². The molecule has 1 aromatic heterocycles. The van der Waals surface area contributed by atoms with Crippen molar-refractivity contribution in [2.45, 2.75) is 51.5 Å². The van der Waals surface area contributed by atoms with Gasteiger partial charge in [-0.3, -0.25) is 14.6 Å². The molecule has 3 aliphatic rings. The SMILES string of the molecule is O=C(NCc1ccncc1)C1CC12CCN(C(=O)CC1CCCC1)C2. The standard InChI is InChI=1S/C20H27N3O2/c24-18(11-15-3-1-2-4-15)23-10-7-20(14-23)12-17(20)19(25)22-13-16-5-8-21-9-6-16/h5-6,8-9,15,17H,1-4,7,10-14H2,(H,22,25). The number of pyridine rings is 1. The summed E-state index contributed by atoms with van der Waals surface area (Å²) in [7, 11) is 0. The average Bonchev–Trinajstić information content (AvgIpc) is 2.96. The lowest BCUT2D eigenvalue weighted by Gasteiger charge is -2.19. The fraction of sp³-hybridized carbons (Fsp3) is 0.650. The Kier molecular flexibility index (Phi) is 4.48. The van der Waals surface area contributed by atoms with E-state index in [1.807, 2.05) is 17.0 Å². The molecule has 1 aliphatic heterocycles. The Morgan fingerprint density at radius 3 is 2.76 bits per heavy atom. The molecule has 1 N–H and O–H groups in total. The molecule has 0 aromatic carbocycles. The van der Waals surface area contributed by atoms with Crippen molar-refractivity contribution in [1.29, 1.82) is 0 Å². The Balaban J connectivity index is 1.25. The van der Waals surface area contributed by atoms with Gasteiger partial charge < -0.3 is 10.2 Å². The first-order valence-corrected chi connectivity index (χ1v) is 9.61. The summed E-state index contributed by atoms with van der Waals surface area (Å²) in [5.74, 6) is 1.13. The van der Waals surface area contributed by atoms with E-state index in [1.54, 1.807) is 12.4 Å². The summed E-state index contributed by atoms with van der Waals surface area (Å²) in [4.78, 5) is 31.0. The smallest absolute Gasteiger partial charge is 0.224 e. The Morgan fingerprint density at radius 2 is 2.00 bits per heavy atom. The second kappa shape index (κ2) is 6.77. The summed E-state index contributed by atoms with van der Waals surface area (Å²) in [5.41, 5.74) is 1.13. The predicted octanol–water partition coefficient (Wildman–Crippen LogP) is 2.52. The van der Waals surface area contributed by atoms with Crippen LogP contribution in [-0.2, 0) is 16.1 Å². The predicted molar refractivity (Wildman–Crippen MR) is 94.4 cm³/mol. The lowest BCUT2D eigenvalue weighted by Crippen LogP contribution is -2.32. The van der Waals surface area contributed by atoms with Crippen LogP contribution < -0.4 is 5.32 Å². The molecule has 1 spiro atoms. The van der Waals surface area contributed by atoms with E-state index >= 15 is 0 Å². The summed E-state index contributed by atoms with van der Waals surface area (Å²) < 4.78 is 0. The van der Waals surface area contributed by atoms with Gasteiger partial charge in [-0.05, 0) is 49.3 Å². The Hall–Kier alpha value is -1.91. The Bertz CT molecular complexity index is 642. The molecule has 134 valence electrons. The number of aromatic nitrogens is 1. The maximum absolute atomic E-state index is 12.5. The van der Waals surface area contributed by atoms with Crippen molar-refractivity contribution < 1.29 is 9.59 Å². The van der Waals surface area contributed by atoms with Crippen molar-refractivity contribution in [2.24, 2.45) is 17.3 Å². The van der Waals surface area contributed by atoms with Crippen LogP contribution in [0, 0.1) is 17.3 Å². The van der Waals surface area contributed by atoms with Gasteiger partial charge in [-0.2, -0.15) is 0 Å². The third-order valence-corrected chi connectivity index (χ3v) is 6.40. The zero-order valence-electron chi connectivity index (χ0n) is 14.7. The van der Waals surface area contributed by atoms with Crippen LogP contribution in [0.1, 0.15) is 50.5 Å². The van der Waals surface area contributed by atoms with E-state index < -0.39 is 0 Å². The zero-order chi connectivity index (χ0) is 17.3. The van der Waals surface area contributed by atoms with E-state index in [-0.39, 0.29) is 17.2 Å². The van der Waals surface area contributed by atoms with Gasteiger partial charge in [-0.15, -0.1) is 0 Å². The van der Waals surface area contributed by atoms with Gasteiger partial charge in [-0.1, -0.05) is 12.8 Å². The molecule has 5 nitrogen and oxygen atoms in total. The highest BCUT2D eigenvalue weighted by Gasteiger charge is 2.61. The van der Waals surface area contributed by atoms with Crippen LogP contribution in [-0.4, -0.2) is 34.8 Å². The quantitative estimate of drug-likeness (QED) is 0.895. The zero-order valence-corrected chi connectivity index (χ0v) is 14.7. The highest BCUT2D eigenvalue weighted by Crippen LogP contribution is 2.58. The lowest BCUT2D eigenvalue weighted by molar-refractivity contribution is -0.131. The van der Waals surface area contributed by atoms with Crippen LogP contribution in [0.15, 0.2) is 24.5 Å². The van der Waals surface area contributed by atoms with Crippen LogP contribution >= 0.6 is 0 Å². The number of rotatable bonds is 5. The molecule has 3 fully saturated rings. The maximum atomic E-state index is 12.5. The number of carbonyl (C=O) groups is 2. The molecule has 0 bridgehead atoms. The van der Waals surface area contributed by atoms with E-state index in [0.29, 0.717) is 18.4 Å². The molecular formula is C20H27N3O2. The van der Waals surface area contributed by atoms with Gasteiger partial charge in [0.05, 0.1) is 0 Å². The number of nitrogens with zero attached hydrogens (tertiary/aromatic N) is 2. The summed E-state index contributed by atoms with van der Waals surface area (Å²) in [6.45, 7) is 2.17. The van der Waals surface area contributed by atoms with Crippen molar-refractivity contribution in [3.05, 3.63) is 30.1 Å². The van der Waals surface area contributed by atoms with Crippen LogP contribution in [0.25, 0.3) is 0 Å². The van der Waals surface area contributed by atoms with Gasteiger partial charge in [0.2, 0.25) is 11.8 Å². The summed E-state index contributed by atoms with van der Waals surface area (Å²) in [5, 5.41) is 3.04. The average molecular weight is 341 g/mol. The molecule has 1 saturated heterocycles. The van der Waals surface area contributed by atoms with Crippen molar-refractivity contribution in [3.63, 3.8) is 0 Å². The van der Waals surface area contributed by atoms with Crippen LogP contribution in [0.3, 0.4) is 0 Å². The minimum Gasteiger partial charge on any atom is -0.352 e. The third-order valence-electron chi connectivity index (χ3n) is 6.40. The molecular weight excluding hydrogens is 314 g/mol. The van der Waals surface area contributed by atoms with Crippen molar-refractivity contribution >= 4 is 11.8 Å². The fourth-order valence-corrected chi connectivity index (χ4v) is 4.68. The third kappa shape index (κ3) is 3.55. The largest absolute Gasteiger partial charge is 0.352 e. The highest BCUT2D eigenvalue weighted by atomic mass is 16.2. The van der Waals surface area contributed by atoms with E-state index in [0.717, 1.165) is 37.9 Å². The second-order valence-corrected chi connectivity index (χ2v) is 8.11. The van der Waals surface area contributed by atoms with E-state index in [9.17, 15) is 9.59 Å². The monoisotopic (exact) mass is 341 g/mol. The molecule has 2 unspecified atom stereocenters. The molecule has 2 aliphatic carbocycles. The number of amides is 2. The van der Waals surface area contributed by atoms with Gasteiger partial charge in [-0.25, -0.2) is 0 Å². The molecule has 4 rings (SSSR count). The number of likely N-dealkylation sites (tertiary alicyclic amines) is 1. The molecule has 2 heterocycles. The van der Waals surface area contributed by atoms with E-state index in [2.05, 4.69) is 10.3 Å². The van der Waals surface area contributed by atoms with Gasteiger partial charge in [0.25, 0.3) is 0 Å². The number of nitrogens with one attached hydrogen (secondary N) is 1. The topological polar surface area (TPSA) is 62.3 Å². The molecule has 1 aromatic rings. The maximum Gasteiger partial charge on any atom is 0.224 e. The Labute approximate surface area is 149 Å². The van der Waals surface area contributed by atoms with Gasteiger partial charge in [0.15, 0.2) is 0 Å². The summed E-state index contributed by atoms with van der Waals surface area (Å²) in [6, 6.07) is 3.84. The molecule has 2 atom stereocenters. The fourth-order valence-electron chi connectivity index (χ4n) is 4.68. The first-order chi connectivity index (χ1) is 12.2. The molecule has 2 saturated carbocycles. The van der Waals surface area contributed by atoms with Crippen molar-refractivity contribution in [1.82, 2.24) is 15.2 Å². The van der Waals surface area contributed by atoms with Gasteiger partial charge in [0, 0.05) is 49.8 Å². The molecule has 2 amide bonds. The van der Waals surface area contributed by atoms with E-state index in [4.69, 9.17) is 0 Å². The van der Waals surface area contributed by atoms with Gasteiger partial charge >= 0.3 is 0 Å². The normalized spacial score (nSPS) is 28.5. The molecule has 25 heavy (non-hydrogen) atoms. The number of carbonyl (C=O) groups excluding carboxylic acids is 2. The van der Waals surface area contributed by atoms with Crippen LogP contribution in [0.5, 0.6) is 0 Å².